The number of rotatable bonds is 8. The highest BCUT2D eigenvalue weighted by atomic mass is 32.2. The molecule has 2 aliphatic rings. The number of nitro groups is 1. The quantitative estimate of drug-likeness (QED) is 0.219. The second kappa shape index (κ2) is 8.08. The molecule has 4 atom stereocenters. The second-order valence-corrected chi connectivity index (χ2v) is 8.04. The van der Waals surface area contributed by atoms with Crippen LogP contribution in [0.25, 0.3) is 0 Å². The van der Waals surface area contributed by atoms with Crippen molar-refractivity contribution in [2.45, 2.75) is 43.7 Å². The highest BCUT2D eigenvalue weighted by Gasteiger charge is 2.59. The van der Waals surface area contributed by atoms with Gasteiger partial charge in [-0.05, 0) is 29.9 Å². The lowest BCUT2D eigenvalue weighted by molar-refractivity contribution is -0.384. The van der Waals surface area contributed by atoms with Gasteiger partial charge in [-0.2, -0.15) is 11.8 Å². The van der Waals surface area contributed by atoms with Gasteiger partial charge in [0.05, 0.1) is 10.8 Å². The Bertz CT molecular complexity index is 753. The van der Waals surface area contributed by atoms with E-state index in [4.69, 9.17) is 4.74 Å². The number of thioether (sulfide) groups is 1. The minimum atomic E-state index is -0.645. The van der Waals surface area contributed by atoms with Crippen LogP contribution < -0.4 is 0 Å². The van der Waals surface area contributed by atoms with Crippen molar-refractivity contribution in [1.29, 1.82) is 0 Å². The Balaban J connectivity index is 1.66. The van der Waals surface area contributed by atoms with E-state index in [0.717, 1.165) is 12.0 Å². The summed E-state index contributed by atoms with van der Waals surface area (Å²) in [6, 6.07) is 5.06. The first-order valence-electron chi connectivity index (χ1n) is 8.75. The summed E-state index contributed by atoms with van der Waals surface area (Å²) in [5.41, 5.74) is 0.604. The number of carbonyl (C=O) groups excluding carboxylic acids is 3. The summed E-state index contributed by atoms with van der Waals surface area (Å²) < 4.78 is 5.40. The number of aldehydes is 1. The van der Waals surface area contributed by atoms with E-state index in [9.17, 15) is 24.5 Å². The van der Waals surface area contributed by atoms with Gasteiger partial charge in [-0.25, -0.2) is 4.79 Å². The summed E-state index contributed by atoms with van der Waals surface area (Å²) >= 11 is 1.61. The van der Waals surface area contributed by atoms with Crippen molar-refractivity contribution >= 4 is 35.6 Å². The van der Waals surface area contributed by atoms with Crippen LogP contribution in [0.4, 0.5) is 5.69 Å². The van der Waals surface area contributed by atoms with E-state index in [1.807, 2.05) is 6.92 Å². The van der Waals surface area contributed by atoms with Crippen molar-refractivity contribution in [3.8, 4) is 0 Å². The van der Waals surface area contributed by atoms with Gasteiger partial charge in [-0.3, -0.25) is 14.9 Å². The van der Waals surface area contributed by atoms with Crippen LogP contribution >= 0.6 is 11.8 Å². The molecule has 1 amide bonds. The maximum Gasteiger partial charge on any atom is 0.330 e. The number of amides is 1. The molecule has 3 rings (SSSR count). The Kier molecular flexibility index (Phi) is 5.79. The number of hydrogen-bond acceptors (Lipinski definition) is 7. The highest BCUT2D eigenvalue weighted by molar-refractivity contribution is 7.99. The van der Waals surface area contributed by atoms with Gasteiger partial charge in [0.15, 0.2) is 0 Å². The number of esters is 1. The van der Waals surface area contributed by atoms with Gasteiger partial charge >= 0.3 is 5.97 Å². The van der Waals surface area contributed by atoms with Crippen LogP contribution in [0.15, 0.2) is 24.3 Å². The second-order valence-electron chi connectivity index (χ2n) is 6.53. The van der Waals surface area contributed by atoms with Crippen molar-refractivity contribution < 1.29 is 24.0 Å². The van der Waals surface area contributed by atoms with Crippen LogP contribution in [0, 0.1) is 16.0 Å². The zero-order valence-electron chi connectivity index (χ0n) is 14.8. The molecule has 27 heavy (non-hydrogen) atoms. The predicted octanol–water partition coefficient (Wildman–Crippen LogP) is 1.95. The Morgan fingerprint density at radius 1 is 1.41 bits per heavy atom. The largest absolute Gasteiger partial charge is 0.459 e. The van der Waals surface area contributed by atoms with Crippen molar-refractivity contribution in [2.24, 2.45) is 5.92 Å². The third kappa shape index (κ3) is 3.69. The van der Waals surface area contributed by atoms with Crippen LogP contribution in [-0.4, -0.2) is 51.1 Å². The van der Waals surface area contributed by atoms with Crippen molar-refractivity contribution in [3.05, 3.63) is 39.9 Å². The standard InChI is InChI=1S/C18H20N2O6S/c1-2-27-15-9-14-13(7-8-21)17(22)19(14)16(15)18(23)26-10-11-3-5-12(6-4-11)20(24)25/h3-6,8,13-16H,2,7,9-10H2,1H3/t13-,14?,15?,16?/m0/s1. The SMILES string of the molecule is CCSC1CC2[C@H](CC=O)C(=O)N2C1C(=O)OCc1ccc([N+](=O)[O-])cc1. The van der Waals surface area contributed by atoms with Crippen LogP contribution in [0.5, 0.6) is 0 Å². The topological polar surface area (TPSA) is 107 Å². The van der Waals surface area contributed by atoms with E-state index < -0.39 is 16.9 Å². The average Bonchev–Trinajstić information content (AvgIpc) is 3.00. The van der Waals surface area contributed by atoms with Crippen LogP contribution in [0.1, 0.15) is 25.3 Å². The van der Waals surface area contributed by atoms with Crippen LogP contribution in [-0.2, 0) is 25.7 Å². The molecule has 9 heteroatoms. The first-order chi connectivity index (χ1) is 13.0. The Morgan fingerprint density at radius 3 is 2.70 bits per heavy atom. The van der Waals surface area contributed by atoms with Crippen molar-refractivity contribution in [2.75, 3.05) is 5.75 Å². The fourth-order valence-corrected chi connectivity index (χ4v) is 4.94. The van der Waals surface area contributed by atoms with E-state index in [2.05, 4.69) is 0 Å². The summed E-state index contributed by atoms with van der Waals surface area (Å²) in [5.74, 6) is -0.151. The van der Waals surface area contributed by atoms with E-state index in [-0.39, 0.29) is 41.8 Å². The molecule has 0 aromatic heterocycles. The fraction of sp³-hybridized carbons (Fsp3) is 0.500. The van der Waals surface area contributed by atoms with Gasteiger partial charge in [0.2, 0.25) is 5.91 Å². The van der Waals surface area contributed by atoms with Crippen LogP contribution in [0.2, 0.25) is 0 Å². The molecular formula is C18H20N2O6S. The molecule has 3 unspecified atom stereocenters. The molecule has 1 aromatic carbocycles. The molecule has 0 bridgehead atoms. The van der Waals surface area contributed by atoms with Crippen molar-refractivity contribution in [3.63, 3.8) is 0 Å². The third-order valence-corrected chi connectivity index (χ3v) is 6.23. The van der Waals surface area contributed by atoms with Gasteiger partial charge in [0.25, 0.3) is 5.69 Å². The normalized spacial score (nSPS) is 26.3. The monoisotopic (exact) mass is 392 g/mol. The molecule has 2 aliphatic heterocycles. The molecule has 8 nitrogen and oxygen atoms in total. The van der Waals surface area contributed by atoms with Crippen molar-refractivity contribution in [1.82, 2.24) is 4.90 Å². The number of ether oxygens (including phenoxy) is 1. The minimum absolute atomic E-state index is 0.0126. The average molecular weight is 392 g/mol. The number of nitro benzene ring substituents is 1. The molecule has 2 fully saturated rings. The van der Waals surface area contributed by atoms with E-state index in [1.54, 1.807) is 16.7 Å². The van der Waals surface area contributed by atoms with E-state index >= 15 is 0 Å². The maximum atomic E-state index is 12.7. The number of β-lactam (4-membered cyclic amide) rings is 1. The molecule has 0 saturated carbocycles. The number of non-ortho nitro benzene ring substituents is 1. The number of fused-ring (bicyclic) bond motifs is 1. The maximum absolute atomic E-state index is 12.7. The lowest BCUT2D eigenvalue weighted by Gasteiger charge is -2.44. The van der Waals surface area contributed by atoms with Gasteiger partial charge in [0.1, 0.15) is 18.9 Å². The Morgan fingerprint density at radius 2 is 2.11 bits per heavy atom. The lowest BCUT2D eigenvalue weighted by atomic mass is 9.86. The molecule has 1 aromatic rings. The number of carbonyl (C=O) groups is 3. The van der Waals surface area contributed by atoms with Crippen LogP contribution in [0.3, 0.4) is 0 Å². The number of hydrogen-bond donors (Lipinski definition) is 0. The number of nitrogens with zero attached hydrogens (tertiary/aromatic N) is 2. The summed E-state index contributed by atoms with van der Waals surface area (Å²) in [4.78, 5) is 47.6. The van der Waals surface area contributed by atoms with Gasteiger partial charge in [0, 0.05) is 29.8 Å². The molecule has 0 aliphatic carbocycles. The summed E-state index contributed by atoms with van der Waals surface area (Å²) in [6.45, 7) is 1.98. The van der Waals surface area contributed by atoms with Gasteiger partial charge < -0.3 is 14.4 Å². The van der Waals surface area contributed by atoms with E-state index in [1.165, 1.54) is 24.3 Å². The predicted molar refractivity (Wildman–Crippen MR) is 98.0 cm³/mol. The molecule has 2 saturated heterocycles. The Hall–Kier alpha value is -2.42. The smallest absolute Gasteiger partial charge is 0.330 e. The first kappa shape index (κ1) is 19.3. The zero-order valence-corrected chi connectivity index (χ0v) is 15.6. The first-order valence-corrected chi connectivity index (χ1v) is 9.80. The molecule has 2 heterocycles. The lowest BCUT2D eigenvalue weighted by Crippen LogP contribution is -2.62. The molecule has 0 N–H and O–H groups in total. The van der Waals surface area contributed by atoms with E-state index in [0.29, 0.717) is 12.0 Å². The zero-order chi connectivity index (χ0) is 19.6. The molecule has 0 radical (unpaired) electrons. The van der Waals surface area contributed by atoms with Gasteiger partial charge in [-0.15, -0.1) is 0 Å². The van der Waals surface area contributed by atoms with Gasteiger partial charge in [-0.1, -0.05) is 6.92 Å². The molecule has 144 valence electrons. The third-order valence-electron chi connectivity index (χ3n) is 5.02. The summed E-state index contributed by atoms with van der Waals surface area (Å²) in [6.07, 6.45) is 1.62. The fourth-order valence-electron chi connectivity index (χ4n) is 3.75. The summed E-state index contributed by atoms with van der Waals surface area (Å²) in [5, 5.41) is 10.6. The summed E-state index contributed by atoms with van der Waals surface area (Å²) in [7, 11) is 0. The Labute approximate surface area is 160 Å². The number of benzene rings is 1. The molecular weight excluding hydrogens is 372 g/mol. The minimum Gasteiger partial charge on any atom is -0.459 e. The molecule has 0 spiro atoms. The highest BCUT2D eigenvalue weighted by Crippen LogP contribution is 2.45.